The highest BCUT2D eigenvalue weighted by atomic mass is 16.2. The molecule has 1 aromatic carbocycles. The molecule has 1 saturated heterocycles. The maximum Gasteiger partial charge on any atom is 0.244 e. The Morgan fingerprint density at radius 3 is 2.53 bits per heavy atom. The predicted octanol–water partition coefficient (Wildman–Crippen LogP) is 3.28. The third kappa shape index (κ3) is 2.98. The van der Waals surface area contributed by atoms with Gasteiger partial charge < -0.3 is 10.6 Å². The molecule has 2 rings (SSSR count). The summed E-state index contributed by atoms with van der Waals surface area (Å²) in [7, 11) is 0. The number of benzene rings is 1. The SMILES string of the molecule is CCC1(C(=O)Nc2ccc(C(C)C)cc2)CCCN1. The third-order valence-corrected chi connectivity index (χ3v) is 4.12. The number of hydrogen-bond donors (Lipinski definition) is 2. The zero-order chi connectivity index (χ0) is 13.9. The van der Waals surface area contributed by atoms with Gasteiger partial charge in [0.2, 0.25) is 5.91 Å². The van der Waals surface area contributed by atoms with Gasteiger partial charge in [0.05, 0.1) is 5.54 Å². The Balaban J connectivity index is 2.06. The van der Waals surface area contributed by atoms with Crippen molar-refractivity contribution in [3.63, 3.8) is 0 Å². The Labute approximate surface area is 115 Å². The predicted molar refractivity (Wildman–Crippen MR) is 79.4 cm³/mol. The van der Waals surface area contributed by atoms with E-state index in [1.165, 1.54) is 5.56 Å². The fraction of sp³-hybridized carbons (Fsp3) is 0.562. The van der Waals surface area contributed by atoms with Crippen molar-refractivity contribution in [2.75, 3.05) is 11.9 Å². The van der Waals surface area contributed by atoms with Crippen molar-refractivity contribution in [3.05, 3.63) is 29.8 Å². The molecule has 0 aliphatic carbocycles. The third-order valence-electron chi connectivity index (χ3n) is 4.12. The van der Waals surface area contributed by atoms with Gasteiger partial charge in [0.1, 0.15) is 0 Å². The van der Waals surface area contributed by atoms with E-state index in [0.717, 1.165) is 31.5 Å². The highest BCUT2D eigenvalue weighted by Gasteiger charge is 2.38. The Bertz CT molecular complexity index is 431. The minimum absolute atomic E-state index is 0.102. The maximum atomic E-state index is 12.4. The number of carbonyl (C=O) groups excluding carboxylic acids is 1. The van der Waals surface area contributed by atoms with Gasteiger partial charge in [-0.1, -0.05) is 32.9 Å². The standard InChI is InChI=1S/C16H24N2O/c1-4-16(10-5-11-17-16)15(19)18-14-8-6-13(7-9-14)12(2)3/h6-9,12,17H,4-5,10-11H2,1-3H3,(H,18,19). The van der Waals surface area contributed by atoms with Gasteiger partial charge in [-0.3, -0.25) is 4.79 Å². The van der Waals surface area contributed by atoms with Crippen LogP contribution in [0.4, 0.5) is 5.69 Å². The van der Waals surface area contributed by atoms with Crippen molar-refractivity contribution in [2.45, 2.75) is 51.5 Å². The summed E-state index contributed by atoms with van der Waals surface area (Å²) in [6.07, 6.45) is 2.84. The van der Waals surface area contributed by atoms with E-state index in [1.807, 2.05) is 12.1 Å². The summed E-state index contributed by atoms with van der Waals surface area (Å²) < 4.78 is 0. The van der Waals surface area contributed by atoms with Crippen LogP contribution in [-0.2, 0) is 4.79 Å². The number of nitrogens with one attached hydrogen (secondary N) is 2. The van der Waals surface area contributed by atoms with E-state index < -0.39 is 0 Å². The van der Waals surface area contributed by atoms with Crippen molar-refractivity contribution in [2.24, 2.45) is 0 Å². The Morgan fingerprint density at radius 2 is 2.05 bits per heavy atom. The van der Waals surface area contributed by atoms with E-state index in [9.17, 15) is 4.79 Å². The minimum Gasteiger partial charge on any atom is -0.324 e. The number of hydrogen-bond acceptors (Lipinski definition) is 2. The number of carbonyl (C=O) groups is 1. The van der Waals surface area contributed by atoms with Crippen LogP contribution >= 0.6 is 0 Å². The van der Waals surface area contributed by atoms with Gasteiger partial charge in [-0.2, -0.15) is 0 Å². The molecular weight excluding hydrogens is 236 g/mol. The normalized spacial score (nSPS) is 22.7. The lowest BCUT2D eigenvalue weighted by molar-refractivity contribution is -0.122. The molecule has 1 amide bonds. The zero-order valence-corrected chi connectivity index (χ0v) is 12.1. The summed E-state index contributed by atoms with van der Waals surface area (Å²) in [4.78, 5) is 12.4. The summed E-state index contributed by atoms with van der Waals surface area (Å²) in [6, 6.07) is 8.15. The quantitative estimate of drug-likeness (QED) is 0.872. The molecule has 1 heterocycles. The van der Waals surface area contributed by atoms with Crippen LogP contribution < -0.4 is 10.6 Å². The van der Waals surface area contributed by atoms with E-state index >= 15 is 0 Å². The molecule has 19 heavy (non-hydrogen) atoms. The van der Waals surface area contributed by atoms with Gasteiger partial charge in [-0.15, -0.1) is 0 Å². The fourth-order valence-corrected chi connectivity index (χ4v) is 2.66. The molecule has 1 fully saturated rings. The van der Waals surface area contributed by atoms with Crippen LogP contribution in [0.15, 0.2) is 24.3 Å². The number of amides is 1. The van der Waals surface area contributed by atoms with E-state index in [2.05, 4.69) is 43.5 Å². The smallest absolute Gasteiger partial charge is 0.244 e. The molecule has 1 aromatic rings. The van der Waals surface area contributed by atoms with Gasteiger partial charge in [0.15, 0.2) is 0 Å². The molecule has 0 aromatic heterocycles. The van der Waals surface area contributed by atoms with Crippen LogP contribution in [0.1, 0.15) is 51.5 Å². The summed E-state index contributed by atoms with van der Waals surface area (Å²) >= 11 is 0. The molecule has 1 aliphatic rings. The van der Waals surface area contributed by atoms with Crippen LogP contribution in [0.25, 0.3) is 0 Å². The lowest BCUT2D eigenvalue weighted by Gasteiger charge is -2.26. The van der Waals surface area contributed by atoms with Crippen LogP contribution in [0, 0.1) is 0 Å². The maximum absolute atomic E-state index is 12.4. The average Bonchev–Trinajstić information content (AvgIpc) is 2.89. The Hall–Kier alpha value is -1.35. The molecule has 104 valence electrons. The Kier molecular flexibility index (Phi) is 4.25. The van der Waals surface area contributed by atoms with Gasteiger partial charge in [-0.25, -0.2) is 0 Å². The molecule has 0 radical (unpaired) electrons. The number of anilines is 1. The first-order valence-corrected chi connectivity index (χ1v) is 7.24. The van der Waals surface area contributed by atoms with Gasteiger partial charge >= 0.3 is 0 Å². The van der Waals surface area contributed by atoms with Crippen molar-refractivity contribution in [1.82, 2.24) is 5.32 Å². The zero-order valence-electron chi connectivity index (χ0n) is 12.1. The fourth-order valence-electron chi connectivity index (χ4n) is 2.66. The van der Waals surface area contributed by atoms with E-state index in [4.69, 9.17) is 0 Å². The average molecular weight is 260 g/mol. The topological polar surface area (TPSA) is 41.1 Å². The minimum atomic E-state index is -0.364. The molecule has 2 N–H and O–H groups in total. The highest BCUT2D eigenvalue weighted by Crippen LogP contribution is 2.25. The summed E-state index contributed by atoms with van der Waals surface area (Å²) in [5.41, 5.74) is 1.81. The van der Waals surface area contributed by atoms with E-state index in [1.54, 1.807) is 0 Å². The van der Waals surface area contributed by atoms with E-state index in [-0.39, 0.29) is 11.4 Å². The molecular formula is C16H24N2O. The summed E-state index contributed by atoms with van der Waals surface area (Å²) in [5.74, 6) is 0.619. The van der Waals surface area contributed by atoms with Crippen molar-refractivity contribution in [1.29, 1.82) is 0 Å². The van der Waals surface area contributed by atoms with Crippen molar-refractivity contribution < 1.29 is 4.79 Å². The number of rotatable bonds is 4. The first-order chi connectivity index (χ1) is 9.07. The molecule has 3 nitrogen and oxygen atoms in total. The lowest BCUT2D eigenvalue weighted by atomic mass is 9.93. The summed E-state index contributed by atoms with van der Waals surface area (Å²) in [5, 5.41) is 6.40. The van der Waals surface area contributed by atoms with Gasteiger partial charge in [0.25, 0.3) is 0 Å². The second-order valence-electron chi connectivity index (χ2n) is 5.70. The second kappa shape index (κ2) is 5.74. The molecule has 0 bridgehead atoms. The molecule has 1 aliphatic heterocycles. The molecule has 1 atom stereocenters. The van der Waals surface area contributed by atoms with Gasteiger partial charge in [0, 0.05) is 5.69 Å². The second-order valence-corrected chi connectivity index (χ2v) is 5.70. The van der Waals surface area contributed by atoms with Crippen molar-refractivity contribution >= 4 is 11.6 Å². The molecule has 0 spiro atoms. The largest absolute Gasteiger partial charge is 0.324 e. The van der Waals surface area contributed by atoms with Crippen LogP contribution in [0.2, 0.25) is 0 Å². The first kappa shape index (κ1) is 14.1. The summed E-state index contributed by atoms with van der Waals surface area (Å²) in [6.45, 7) is 7.34. The highest BCUT2D eigenvalue weighted by molar-refractivity contribution is 5.98. The van der Waals surface area contributed by atoms with Crippen molar-refractivity contribution in [3.8, 4) is 0 Å². The van der Waals surface area contributed by atoms with Crippen LogP contribution in [-0.4, -0.2) is 18.0 Å². The monoisotopic (exact) mass is 260 g/mol. The van der Waals surface area contributed by atoms with Crippen LogP contribution in [0.3, 0.4) is 0 Å². The van der Waals surface area contributed by atoms with Crippen LogP contribution in [0.5, 0.6) is 0 Å². The first-order valence-electron chi connectivity index (χ1n) is 7.24. The van der Waals surface area contributed by atoms with Gasteiger partial charge in [-0.05, 0) is 49.4 Å². The molecule has 3 heteroatoms. The Morgan fingerprint density at radius 1 is 1.37 bits per heavy atom. The molecule has 1 unspecified atom stereocenters. The van der Waals surface area contributed by atoms with E-state index in [0.29, 0.717) is 5.92 Å². The molecule has 0 saturated carbocycles. The lowest BCUT2D eigenvalue weighted by Crippen LogP contribution is -2.50.